The topological polar surface area (TPSA) is 50.2 Å². The largest absolute Gasteiger partial charge is 0.344 e. The first-order valence-corrected chi connectivity index (χ1v) is 7.67. The van der Waals surface area contributed by atoms with Crippen molar-refractivity contribution in [1.82, 2.24) is 20.0 Å². The lowest BCUT2D eigenvalue weighted by molar-refractivity contribution is -0.126. The monoisotopic (exact) mass is 318 g/mol. The highest BCUT2D eigenvalue weighted by molar-refractivity contribution is 6.33. The summed E-state index contributed by atoms with van der Waals surface area (Å²) in [6.45, 7) is 1.42. The molecule has 2 aromatic rings. The predicted molar refractivity (Wildman–Crippen MR) is 86.5 cm³/mol. The molecule has 1 fully saturated rings. The van der Waals surface area contributed by atoms with Crippen LogP contribution in [0.2, 0.25) is 5.02 Å². The number of nitrogens with one attached hydrogen (secondary N) is 1. The zero-order chi connectivity index (χ0) is 15.7. The average Bonchev–Trinajstić information content (AvgIpc) is 3.00. The van der Waals surface area contributed by atoms with Gasteiger partial charge in [0.05, 0.1) is 10.7 Å². The van der Waals surface area contributed by atoms with E-state index in [-0.39, 0.29) is 11.9 Å². The van der Waals surface area contributed by atoms with E-state index in [0.717, 1.165) is 23.4 Å². The van der Waals surface area contributed by atoms with Crippen LogP contribution in [0.4, 0.5) is 0 Å². The first-order chi connectivity index (χ1) is 10.5. The van der Waals surface area contributed by atoms with Gasteiger partial charge in [-0.3, -0.25) is 9.48 Å². The molecule has 1 unspecified atom stereocenters. The Bertz CT molecular complexity index is 697. The third-order valence-electron chi connectivity index (χ3n) is 3.96. The van der Waals surface area contributed by atoms with Gasteiger partial charge in [-0.05, 0) is 6.07 Å². The van der Waals surface area contributed by atoms with Gasteiger partial charge in [0.1, 0.15) is 0 Å². The highest BCUT2D eigenvalue weighted by Crippen LogP contribution is 2.29. The summed E-state index contributed by atoms with van der Waals surface area (Å²) < 4.78 is 1.79. The number of aromatic nitrogens is 2. The van der Waals surface area contributed by atoms with Crippen molar-refractivity contribution in [3.63, 3.8) is 0 Å². The number of aryl methyl sites for hydroxylation is 1. The van der Waals surface area contributed by atoms with Crippen LogP contribution in [0.1, 0.15) is 12.0 Å². The van der Waals surface area contributed by atoms with Gasteiger partial charge >= 0.3 is 0 Å². The summed E-state index contributed by atoms with van der Waals surface area (Å²) in [5.41, 5.74) is 2.90. The molecule has 1 saturated heterocycles. The molecule has 1 aromatic heterocycles. The average molecular weight is 319 g/mol. The standard InChI is InChI=1S/C16H19ClN4O/c1-20-10-12(7-15(20)22)18-8-11-9-21(2)19-16(11)13-5-3-4-6-14(13)17/h3-6,9,12,18H,7-8,10H2,1-2H3. The highest BCUT2D eigenvalue weighted by atomic mass is 35.5. The summed E-state index contributed by atoms with van der Waals surface area (Å²) in [7, 11) is 3.74. The smallest absolute Gasteiger partial charge is 0.224 e. The molecule has 0 spiro atoms. The van der Waals surface area contributed by atoms with E-state index in [4.69, 9.17) is 11.6 Å². The number of hydrogen-bond donors (Lipinski definition) is 1. The molecule has 1 aromatic carbocycles. The molecule has 22 heavy (non-hydrogen) atoms. The Labute approximate surface area is 134 Å². The van der Waals surface area contributed by atoms with Gasteiger partial charge in [-0.15, -0.1) is 0 Å². The number of rotatable bonds is 4. The van der Waals surface area contributed by atoms with Crippen molar-refractivity contribution >= 4 is 17.5 Å². The van der Waals surface area contributed by atoms with Gasteiger partial charge < -0.3 is 10.2 Å². The summed E-state index contributed by atoms with van der Waals surface area (Å²) >= 11 is 6.28. The first kappa shape index (κ1) is 15.1. The maximum absolute atomic E-state index is 11.6. The molecule has 2 heterocycles. The molecule has 3 rings (SSSR count). The molecule has 0 saturated carbocycles. The molecule has 1 aliphatic rings. The lowest BCUT2D eigenvalue weighted by Gasteiger charge is -2.12. The van der Waals surface area contributed by atoms with Crippen molar-refractivity contribution in [3.8, 4) is 11.3 Å². The summed E-state index contributed by atoms with van der Waals surface area (Å²) in [5, 5.41) is 8.67. The molecule has 116 valence electrons. The minimum Gasteiger partial charge on any atom is -0.344 e. The van der Waals surface area contributed by atoms with Gasteiger partial charge in [0.2, 0.25) is 5.91 Å². The van der Waals surface area contributed by atoms with Crippen LogP contribution in [0.3, 0.4) is 0 Å². The second kappa shape index (κ2) is 6.10. The molecule has 1 aliphatic heterocycles. The normalized spacial score (nSPS) is 18.2. The minimum absolute atomic E-state index is 0.190. The fourth-order valence-electron chi connectivity index (χ4n) is 2.80. The van der Waals surface area contributed by atoms with Gasteiger partial charge in [-0.2, -0.15) is 5.10 Å². The number of likely N-dealkylation sites (tertiary alicyclic amines) is 1. The fourth-order valence-corrected chi connectivity index (χ4v) is 3.03. The van der Waals surface area contributed by atoms with Crippen LogP contribution >= 0.6 is 11.6 Å². The first-order valence-electron chi connectivity index (χ1n) is 7.29. The van der Waals surface area contributed by atoms with Crippen molar-refractivity contribution in [1.29, 1.82) is 0 Å². The Morgan fingerprint density at radius 3 is 2.82 bits per heavy atom. The summed E-state index contributed by atoms with van der Waals surface area (Å²) in [6, 6.07) is 7.90. The lowest BCUT2D eigenvalue weighted by Crippen LogP contribution is -2.31. The van der Waals surface area contributed by atoms with Crippen LogP contribution in [0.5, 0.6) is 0 Å². The number of carbonyl (C=O) groups is 1. The third-order valence-corrected chi connectivity index (χ3v) is 4.29. The molecule has 0 bridgehead atoms. The Morgan fingerprint density at radius 2 is 2.14 bits per heavy atom. The van der Waals surface area contributed by atoms with E-state index in [1.54, 1.807) is 9.58 Å². The maximum Gasteiger partial charge on any atom is 0.224 e. The Morgan fingerprint density at radius 1 is 1.36 bits per heavy atom. The van der Waals surface area contributed by atoms with Crippen LogP contribution in [0.15, 0.2) is 30.5 Å². The molecular formula is C16H19ClN4O. The summed E-state index contributed by atoms with van der Waals surface area (Å²) in [6.07, 6.45) is 2.55. The van der Waals surface area contributed by atoms with E-state index < -0.39 is 0 Å². The van der Waals surface area contributed by atoms with Crippen molar-refractivity contribution in [2.45, 2.75) is 19.0 Å². The van der Waals surface area contributed by atoms with E-state index in [1.807, 2.05) is 44.6 Å². The zero-order valence-electron chi connectivity index (χ0n) is 12.7. The van der Waals surface area contributed by atoms with Gasteiger partial charge in [0.15, 0.2) is 0 Å². The number of likely N-dealkylation sites (N-methyl/N-ethyl adjacent to an activating group) is 1. The number of halogens is 1. The molecule has 0 aliphatic carbocycles. The second-order valence-electron chi connectivity index (χ2n) is 5.71. The molecule has 0 radical (unpaired) electrons. The van der Waals surface area contributed by atoms with Crippen LogP contribution in [0, 0.1) is 0 Å². The fraction of sp³-hybridized carbons (Fsp3) is 0.375. The van der Waals surface area contributed by atoms with Crippen molar-refractivity contribution < 1.29 is 4.79 Å². The van der Waals surface area contributed by atoms with Gasteiger partial charge in [0, 0.05) is 57.0 Å². The van der Waals surface area contributed by atoms with Crippen molar-refractivity contribution in [3.05, 3.63) is 41.0 Å². The highest BCUT2D eigenvalue weighted by Gasteiger charge is 2.26. The molecule has 1 atom stereocenters. The zero-order valence-corrected chi connectivity index (χ0v) is 13.5. The number of hydrogen-bond acceptors (Lipinski definition) is 3. The quantitative estimate of drug-likeness (QED) is 0.939. The molecule has 1 N–H and O–H groups in total. The SMILES string of the molecule is CN1CC(NCc2cn(C)nc2-c2ccccc2Cl)CC1=O. The summed E-state index contributed by atoms with van der Waals surface area (Å²) in [4.78, 5) is 13.3. The molecule has 1 amide bonds. The van der Waals surface area contributed by atoms with E-state index in [9.17, 15) is 4.79 Å². The molecular weight excluding hydrogens is 300 g/mol. The lowest BCUT2D eigenvalue weighted by atomic mass is 10.1. The van der Waals surface area contributed by atoms with E-state index in [1.165, 1.54) is 0 Å². The third kappa shape index (κ3) is 3.00. The van der Waals surface area contributed by atoms with Gasteiger partial charge in [-0.1, -0.05) is 29.8 Å². The Balaban J connectivity index is 1.78. The van der Waals surface area contributed by atoms with Crippen LogP contribution in [0.25, 0.3) is 11.3 Å². The van der Waals surface area contributed by atoms with Crippen molar-refractivity contribution in [2.75, 3.05) is 13.6 Å². The number of nitrogens with zero attached hydrogens (tertiary/aromatic N) is 3. The number of carbonyl (C=O) groups excluding carboxylic acids is 1. The predicted octanol–water partition coefficient (Wildman–Crippen LogP) is 2.06. The number of benzene rings is 1. The van der Waals surface area contributed by atoms with E-state index >= 15 is 0 Å². The van der Waals surface area contributed by atoms with Gasteiger partial charge in [-0.25, -0.2) is 0 Å². The summed E-state index contributed by atoms with van der Waals surface area (Å²) in [5.74, 6) is 0.190. The van der Waals surface area contributed by atoms with E-state index in [2.05, 4.69) is 10.4 Å². The van der Waals surface area contributed by atoms with Crippen LogP contribution in [-0.4, -0.2) is 40.2 Å². The van der Waals surface area contributed by atoms with Gasteiger partial charge in [0.25, 0.3) is 0 Å². The number of amides is 1. The van der Waals surface area contributed by atoms with Crippen molar-refractivity contribution in [2.24, 2.45) is 7.05 Å². The minimum atomic E-state index is 0.190. The van der Waals surface area contributed by atoms with Crippen LogP contribution < -0.4 is 5.32 Å². The molecule has 5 nitrogen and oxygen atoms in total. The maximum atomic E-state index is 11.6. The molecule has 6 heteroatoms. The van der Waals surface area contributed by atoms with Crippen LogP contribution in [-0.2, 0) is 18.4 Å². The Kier molecular flexibility index (Phi) is 4.18. The van der Waals surface area contributed by atoms with E-state index in [0.29, 0.717) is 18.0 Å². The second-order valence-corrected chi connectivity index (χ2v) is 6.12. The Hall–Kier alpha value is -1.85.